The third kappa shape index (κ3) is 3.44. The van der Waals surface area contributed by atoms with E-state index in [1.54, 1.807) is 0 Å². The molecule has 2 aliphatic carbocycles. The Kier molecular flexibility index (Phi) is 4.53. The van der Waals surface area contributed by atoms with E-state index in [2.05, 4.69) is 24.1 Å². The lowest BCUT2D eigenvalue weighted by atomic mass is 9.97. The van der Waals surface area contributed by atoms with Crippen molar-refractivity contribution in [3.05, 3.63) is 34.9 Å². The molecule has 4 fully saturated rings. The first-order valence-electron chi connectivity index (χ1n) is 10.9. The lowest BCUT2D eigenvalue weighted by Crippen LogP contribution is -2.56. The summed E-state index contributed by atoms with van der Waals surface area (Å²) in [6.45, 7) is 7.87. The maximum absolute atomic E-state index is 13.2. The van der Waals surface area contributed by atoms with Crippen LogP contribution in [-0.2, 0) is 10.9 Å². The van der Waals surface area contributed by atoms with E-state index in [4.69, 9.17) is 4.74 Å². The van der Waals surface area contributed by atoms with Crippen molar-refractivity contribution in [1.29, 1.82) is 0 Å². The van der Waals surface area contributed by atoms with Crippen LogP contribution in [-0.4, -0.2) is 49.2 Å². The SMILES string of the molecule is C[C@@]12CN(C3CCOC[C@H]3NC(=O)c3ccc(C(F)(F)F)cc3C3CC3)C[C@]1(C)C2. The molecule has 0 spiro atoms. The summed E-state index contributed by atoms with van der Waals surface area (Å²) in [6.07, 6.45) is -0.611. The van der Waals surface area contributed by atoms with E-state index in [9.17, 15) is 18.0 Å². The van der Waals surface area contributed by atoms with Gasteiger partial charge in [-0.3, -0.25) is 9.69 Å². The van der Waals surface area contributed by atoms with Crippen molar-refractivity contribution >= 4 is 5.91 Å². The number of hydrogen-bond acceptors (Lipinski definition) is 3. The number of carbonyl (C=O) groups is 1. The van der Waals surface area contributed by atoms with Gasteiger partial charge in [-0.15, -0.1) is 0 Å². The normalized spacial score (nSPS) is 36.4. The molecule has 0 aromatic heterocycles. The second-order valence-corrected chi connectivity index (χ2v) is 10.3. The molecule has 4 atom stereocenters. The summed E-state index contributed by atoms with van der Waals surface area (Å²) < 4.78 is 45.1. The molecule has 1 N–H and O–H groups in total. The molecule has 1 unspecified atom stereocenters. The van der Waals surface area contributed by atoms with Crippen LogP contribution in [0, 0.1) is 10.8 Å². The monoisotopic (exact) mass is 422 g/mol. The fraction of sp³-hybridized carbons (Fsp3) is 0.696. The molecular formula is C23H29F3N2O2. The summed E-state index contributed by atoms with van der Waals surface area (Å²) in [5, 5.41) is 3.11. The Morgan fingerprint density at radius 2 is 1.87 bits per heavy atom. The molecule has 2 aliphatic heterocycles. The van der Waals surface area contributed by atoms with E-state index in [-0.39, 0.29) is 23.9 Å². The number of benzene rings is 1. The lowest BCUT2D eigenvalue weighted by Gasteiger charge is -2.39. The largest absolute Gasteiger partial charge is 0.416 e. The zero-order chi connectivity index (χ0) is 21.3. The molecular weight excluding hydrogens is 393 g/mol. The molecule has 2 saturated carbocycles. The molecule has 2 heterocycles. The Balaban J connectivity index is 1.34. The van der Waals surface area contributed by atoms with Gasteiger partial charge in [-0.1, -0.05) is 13.8 Å². The van der Waals surface area contributed by atoms with Crippen molar-refractivity contribution in [1.82, 2.24) is 10.2 Å². The van der Waals surface area contributed by atoms with E-state index in [0.29, 0.717) is 35.2 Å². The zero-order valence-corrected chi connectivity index (χ0v) is 17.5. The molecule has 0 radical (unpaired) electrons. The highest BCUT2D eigenvalue weighted by Crippen LogP contribution is 2.68. The molecule has 1 aromatic carbocycles. The van der Waals surface area contributed by atoms with Gasteiger partial charge in [0.05, 0.1) is 18.2 Å². The van der Waals surface area contributed by atoms with Crippen LogP contribution >= 0.6 is 0 Å². The standard InChI is InChI=1S/C23H29F3N2O2/c1-21-11-22(21,2)13-28(12-21)19-7-8-30-10-18(19)27-20(29)16-6-5-15(23(24,25)26)9-17(16)14-3-4-14/h5-6,9,14,18-19H,3-4,7-8,10-13H2,1-2H3,(H,27,29)/t18-,19?,21-,22+/m1/s1. The van der Waals surface area contributed by atoms with Gasteiger partial charge < -0.3 is 10.1 Å². The topological polar surface area (TPSA) is 41.6 Å². The molecule has 5 rings (SSSR count). The molecule has 2 saturated heterocycles. The molecule has 7 heteroatoms. The van der Waals surface area contributed by atoms with E-state index < -0.39 is 11.7 Å². The Morgan fingerprint density at radius 1 is 1.17 bits per heavy atom. The zero-order valence-electron chi connectivity index (χ0n) is 17.5. The number of piperidine rings is 1. The summed E-state index contributed by atoms with van der Waals surface area (Å²) in [7, 11) is 0. The highest BCUT2D eigenvalue weighted by Gasteiger charge is 2.66. The van der Waals surface area contributed by atoms with Crippen LogP contribution in [0.25, 0.3) is 0 Å². The number of likely N-dealkylation sites (tertiary alicyclic amines) is 1. The van der Waals surface area contributed by atoms with Gasteiger partial charge in [-0.25, -0.2) is 0 Å². The Morgan fingerprint density at radius 3 is 2.50 bits per heavy atom. The second kappa shape index (κ2) is 6.70. The van der Waals surface area contributed by atoms with Crippen LogP contribution < -0.4 is 5.32 Å². The van der Waals surface area contributed by atoms with Gasteiger partial charge in [0.15, 0.2) is 0 Å². The van der Waals surface area contributed by atoms with Crippen molar-refractivity contribution in [2.75, 3.05) is 26.3 Å². The molecule has 30 heavy (non-hydrogen) atoms. The van der Waals surface area contributed by atoms with Crippen molar-refractivity contribution in [3.63, 3.8) is 0 Å². The predicted octanol–water partition coefficient (Wildman–Crippen LogP) is 4.20. The van der Waals surface area contributed by atoms with Crippen LogP contribution in [0.2, 0.25) is 0 Å². The van der Waals surface area contributed by atoms with Gasteiger partial charge >= 0.3 is 6.18 Å². The number of hydrogen-bond donors (Lipinski definition) is 1. The molecule has 0 bridgehead atoms. The van der Waals surface area contributed by atoms with E-state index in [0.717, 1.165) is 44.5 Å². The van der Waals surface area contributed by atoms with Gasteiger partial charge in [0.25, 0.3) is 5.91 Å². The number of halogens is 3. The Labute approximate surface area is 175 Å². The Hall–Kier alpha value is -1.60. The van der Waals surface area contributed by atoms with Crippen LogP contribution in [0.5, 0.6) is 0 Å². The quantitative estimate of drug-likeness (QED) is 0.791. The average molecular weight is 422 g/mol. The smallest absolute Gasteiger partial charge is 0.379 e. The summed E-state index contributed by atoms with van der Waals surface area (Å²) in [4.78, 5) is 15.6. The van der Waals surface area contributed by atoms with Gasteiger partial charge in [0, 0.05) is 31.3 Å². The van der Waals surface area contributed by atoms with Crippen LogP contribution in [0.15, 0.2) is 18.2 Å². The van der Waals surface area contributed by atoms with Crippen molar-refractivity contribution in [2.24, 2.45) is 10.8 Å². The van der Waals surface area contributed by atoms with E-state index in [1.165, 1.54) is 12.5 Å². The maximum atomic E-state index is 13.2. The van der Waals surface area contributed by atoms with E-state index >= 15 is 0 Å². The highest BCUT2D eigenvalue weighted by molar-refractivity contribution is 5.96. The van der Waals surface area contributed by atoms with Crippen molar-refractivity contribution in [2.45, 2.75) is 63.7 Å². The highest BCUT2D eigenvalue weighted by atomic mass is 19.4. The average Bonchev–Trinajstić information content (AvgIpc) is 3.57. The second-order valence-electron chi connectivity index (χ2n) is 10.3. The minimum atomic E-state index is -4.40. The number of rotatable bonds is 4. The van der Waals surface area contributed by atoms with Gasteiger partial charge in [-0.2, -0.15) is 13.2 Å². The first kappa shape index (κ1) is 20.3. The van der Waals surface area contributed by atoms with E-state index in [1.807, 2.05) is 0 Å². The summed E-state index contributed by atoms with van der Waals surface area (Å²) >= 11 is 0. The number of amides is 1. The fourth-order valence-corrected chi connectivity index (χ4v) is 5.72. The lowest BCUT2D eigenvalue weighted by molar-refractivity contribution is -0.137. The van der Waals surface area contributed by atoms with Crippen LogP contribution in [0.4, 0.5) is 13.2 Å². The number of alkyl halides is 3. The number of ether oxygens (including phenoxy) is 1. The summed E-state index contributed by atoms with van der Waals surface area (Å²) in [5.41, 5.74) is 0.951. The fourth-order valence-electron chi connectivity index (χ4n) is 5.72. The molecule has 1 amide bonds. The van der Waals surface area contributed by atoms with Crippen LogP contribution in [0.1, 0.15) is 66.9 Å². The number of nitrogens with one attached hydrogen (secondary N) is 1. The predicted molar refractivity (Wildman–Crippen MR) is 106 cm³/mol. The maximum Gasteiger partial charge on any atom is 0.416 e. The summed E-state index contributed by atoms with van der Waals surface area (Å²) in [5.74, 6) is -0.232. The molecule has 164 valence electrons. The molecule has 1 aromatic rings. The first-order valence-corrected chi connectivity index (χ1v) is 10.9. The number of fused-ring (bicyclic) bond motifs is 1. The van der Waals surface area contributed by atoms with Gasteiger partial charge in [0.1, 0.15) is 0 Å². The summed E-state index contributed by atoms with van der Waals surface area (Å²) in [6, 6.07) is 3.59. The minimum absolute atomic E-state index is 0.0528. The van der Waals surface area contributed by atoms with Crippen LogP contribution in [0.3, 0.4) is 0 Å². The van der Waals surface area contributed by atoms with Gasteiger partial charge in [-0.05, 0) is 66.2 Å². The number of nitrogens with zero attached hydrogens (tertiary/aromatic N) is 1. The molecule has 4 nitrogen and oxygen atoms in total. The third-order valence-corrected chi connectivity index (χ3v) is 7.96. The Bertz CT molecular complexity index is 852. The van der Waals surface area contributed by atoms with Crippen molar-refractivity contribution < 1.29 is 22.7 Å². The minimum Gasteiger partial charge on any atom is -0.379 e. The van der Waals surface area contributed by atoms with Gasteiger partial charge in [0.2, 0.25) is 0 Å². The number of carbonyl (C=O) groups excluding carboxylic acids is 1. The first-order chi connectivity index (χ1) is 14.1. The molecule has 4 aliphatic rings. The third-order valence-electron chi connectivity index (χ3n) is 7.96. The van der Waals surface area contributed by atoms with Crippen molar-refractivity contribution in [3.8, 4) is 0 Å².